The van der Waals surface area contributed by atoms with E-state index in [-0.39, 0.29) is 5.76 Å². The Kier molecular flexibility index (Phi) is 5.54. The first-order valence-electron chi connectivity index (χ1n) is 8.56. The van der Waals surface area contributed by atoms with Crippen molar-refractivity contribution in [3.05, 3.63) is 88.9 Å². The molecule has 1 unspecified atom stereocenters. The Hall–Kier alpha value is -3.48. The van der Waals surface area contributed by atoms with Gasteiger partial charge in [0.25, 0.3) is 11.8 Å². The molecular weight excluding hydrogens is 366 g/mol. The number of hydrogen-bond donors (Lipinski definition) is 2. The van der Waals surface area contributed by atoms with Gasteiger partial charge < -0.3 is 15.1 Å². The molecule has 3 rings (SSSR count). The number of nitrogens with one attached hydrogen (secondary N) is 2. The Morgan fingerprint density at radius 3 is 2.46 bits per heavy atom. The molecule has 0 aliphatic rings. The second-order valence-electron chi connectivity index (χ2n) is 6.33. The van der Waals surface area contributed by atoms with Crippen molar-refractivity contribution in [3.8, 4) is 0 Å². The van der Waals surface area contributed by atoms with Crippen LogP contribution >= 0.6 is 0 Å². The number of hydrogen-bond acceptors (Lipinski definition) is 3. The predicted molar refractivity (Wildman–Crippen MR) is 100 cm³/mol. The van der Waals surface area contributed by atoms with Crippen molar-refractivity contribution in [2.75, 3.05) is 5.32 Å². The Balaban J connectivity index is 1.74. The molecule has 2 amide bonds. The van der Waals surface area contributed by atoms with Crippen LogP contribution in [0.1, 0.15) is 45.0 Å². The van der Waals surface area contributed by atoms with Crippen molar-refractivity contribution in [1.29, 1.82) is 0 Å². The summed E-state index contributed by atoms with van der Waals surface area (Å²) in [5, 5.41) is 5.43. The fraction of sp³-hybridized carbons (Fsp3) is 0.143. The van der Waals surface area contributed by atoms with E-state index in [0.29, 0.717) is 16.8 Å². The van der Waals surface area contributed by atoms with E-state index >= 15 is 0 Å². The third-order valence-corrected chi connectivity index (χ3v) is 4.28. The van der Waals surface area contributed by atoms with E-state index < -0.39 is 29.5 Å². The number of benzene rings is 2. The molecule has 1 heterocycles. The van der Waals surface area contributed by atoms with Gasteiger partial charge in [-0.3, -0.25) is 9.59 Å². The van der Waals surface area contributed by atoms with Gasteiger partial charge in [-0.1, -0.05) is 12.1 Å². The highest BCUT2D eigenvalue weighted by Gasteiger charge is 2.16. The topological polar surface area (TPSA) is 71.3 Å². The number of furan rings is 1. The molecule has 5 nitrogen and oxygen atoms in total. The summed E-state index contributed by atoms with van der Waals surface area (Å²) in [6.07, 6.45) is 1.39. The number of halogens is 2. The normalized spacial score (nSPS) is 11.7. The van der Waals surface area contributed by atoms with E-state index in [9.17, 15) is 18.4 Å². The Bertz CT molecular complexity index is 1020. The van der Waals surface area contributed by atoms with Gasteiger partial charge >= 0.3 is 0 Å². The van der Waals surface area contributed by atoms with Crippen LogP contribution in [0.4, 0.5) is 14.5 Å². The van der Waals surface area contributed by atoms with E-state index in [4.69, 9.17) is 4.42 Å². The highest BCUT2D eigenvalue weighted by Crippen LogP contribution is 2.20. The Morgan fingerprint density at radius 1 is 1.00 bits per heavy atom. The molecule has 1 aromatic heterocycles. The molecule has 0 saturated carbocycles. The van der Waals surface area contributed by atoms with Crippen LogP contribution in [0.3, 0.4) is 0 Å². The van der Waals surface area contributed by atoms with Gasteiger partial charge in [-0.25, -0.2) is 8.78 Å². The highest BCUT2D eigenvalue weighted by molar-refractivity contribution is 6.04. The summed E-state index contributed by atoms with van der Waals surface area (Å²) < 4.78 is 31.5. The van der Waals surface area contributed by atoms with E-state index in [0.717, 1.165) is 17.7 Å². The molecule has 0 aliphatic carbocycles. The molecule has 7 heteroatoms. The molecule has 2 N–H and O–H groups in total. The first kappa shape index (κ1) is 19.3. The lowest BCUT2D eigenvalue weighted by atomic mass is 10.1. The van der Waals surface area contributed by atoms with Crippen molar-refractivity contribution in [1.82, 2.24) is 5.32 Å². The number of anilines is 1. The van der Waals surface area contributed by atoms with Gasteiger partial charge in [0.1, 0.15) is 0 Å². The van der Waals surface area contributed by atoms with Crippen molar-refractivity contribution in [2.24, 2.45) is 0 Å². The molecule has 0 fully saturated rings. The summed E-state index contributed by atoms with van der Waals surface area (Å²) in [5.41, 5.74) is 1.99. The molecule has 144 valence electrons. The highest BCUT2D eigenvalue weighted by atomic mass is 19.2. The van der Waals surface area contributed by atoms with Crippen LogP contribution in [-0.2, 0) is 0 Å². The van der Waals surface area contributed by atoms with Crippen molar-refractivity contribution >= 4 is 17.5 Å². The molecular formula is C21H18F2N2O3. The van der Waals surface area contributed by atoms with Gasteiger partial charge in [0.2, 0.25) is 0 Å². The Morgan fingerprint density at radius 2 is 1.79 bits per heavy atom. The van der Waals surface area contributed by atoms with Gasteiger partial charge in [-0.2, -0.15) is 0 Å². The van der Waals surface area contributed by atoms with Gasteiger partial charge in [-0.15, -0.1) is 0 Å². The average Bonchev–Trinajstić information content (AvgIpc) is 3.20. The summed E-state index contributed by atoms with van der Waals surface area (Å²) >= 11 is 0. The van der Waals surface area contributed by atoms with Gasteiger partial charge in [0.15, 0.2) is 17.4 Å². The number of rotatable bonds is 5. The SMILES string of the molecule is Cc1ccc(C(=O)NC(C)c2ccc(F)c(F)c2)cc1NC(=O)c1ccco1. The second kappa shape index (κ2) is 8.04. The molecule has 28 heavy (non-hydrogen) atoms. The minimum absolute atomic E-state index is 0.154. The monoisotopic (exact) mass is 384 g/mol. The lowest BCUT2D eigenvalue weighted by Gasteiger charge is -2.16. The maximum Gasteiger partial charge on any atom is 0.291 e. The maximum atomic E-state index is 13.4. The fourth-order valence-electron chi connectivity index (χ4n) is 2.63. The summed E-state index contributed by atoms with van der Waals surface area (Å²) in [6, 6.07) is 10.9. The quantitative estimate of drug-likeness (QED) is 0.675. The van der Waals surface area contributed by atoms with Gasteiger partial charge in [0.05, 0.1) is 12.3 Å². The average molecular weight is 384 g/mol. The van der Waals surface area contributed by atoms with E-state index in [1.165, 1.54) is 18.4 Å². The van der Waals surface area contributed by atoms with Gasteiger partial charge in [-0.05, 0) is 61.4 Å². The zero-order chi connectivity index (χ0) is 20.3. The molecule has 0 spiro atoms. The smallest absolute Gasteiger partial charge is 0.291 e. The minimum atomic E-state index is -0.975. The molecule has 0 saturated heterocycles. The van der Waals surface area contributed by atoms with Crippen LogP contribution in [0.15, 0.2) is 59.2 Å². The summed E-state index contributed by atoms with van der Waals surface area (Å²) in [6.45, 7) is 3.46. The number of carbonyl (C=O) groups is 2. The van der Waals surface area contributed by atoms with Crippen LogP contribution in [-0.4, -0.2) is 11.8 Å². The summed E-state index contributed by atoms with van der Waals surface area (Å²) in [7, 11) is 0. The summed E-state index contributed by atoms with van der Waals surface area (Å²) in [4.78, 5) is 24.7. The van der Waals surface area contributed by atoms with Crippen LogP contribution in [0, 0.1) is 18.6 Å². The number of carbonyl (C=O) groups excluding carboxylic acids is 2. The van der Waals surface area contributed by atoms with E-state index in [1.54, 1.807) is 38.1 Å². The maximum absolute atomic E-state index is 13.4. The molecule has 3 aromatic rings. The zero-order valence-corrected chi connectivity index (χ0v) is 15.3. The minimum Gasteiger partial charge on any atom is -0.459 e. The summed E-state index contributed by atoms with van der Waals surface area (Å²) in [5.74, 6) is -2.61. The van der Waals surface area contributed by atoms with Crippen LogP contribution in [0.2, 0.25) is 0 Å². The zero-order valence-electron chi connectivity index (χ0n) is 15.3. The van der Waals surface area contributed by atoms with Crippen LogP contribution in [0.25, 0.3) is 0 Å². The van der Waals surface area contributed by atoms with E-state index in [2.05, 4.69) is 10.6 Å². The van der Waals surface area contributed by atoms with Crippen LogP contribution in [0.5, 0.6) is 0 Å². The lowest BCUT2D eigenvalue weighted by Crippen LogP contribution is -2.27. The fourth-order valence-corrected chi connectivity index (χ4v) is 2.63. The largest absolute Gasteiger partial charge is 0.459 e. The van der Waals surface area contributed by atoms with Gasteiger partial charge in [0, 0.05) is 11.3 Å². The van der Waals surface area contributed by atoms with Crippen LogP contribution < -0.4 is 10.6 Å². The molecule has 0 aliphatic heterocycles. The number of amides is 2. The first-order valence-corrected chi connectivity index (χ1v) is 8.56. The molecule has 0 radical (unpaired) electrons. The molecule has 0 bridgehead atoms. The lowest BCUT2D eigenvalue weighted by molar-refractivity contribution is 0.0938. The third kappa shape index (κ3) is 4.25. The molecule has 2 aromatic carbocycles. The molecule has 1 atom stereocenters. The first-order chi connectivity index (χ1) is 13.3. The standard InChI is InChI=1S/C21H18F2N2O3/c1-12-5-6-15(11-18(12)25-21(27)19-4-3-9-28-19)20(26)24-13(2)14-7-8-16(22)17(23)10-14/h3-11,13H,1-2H3,(H,24,26)(H,25,27). The Labute approximate surface area is 160 Å². The van der Waals surface area contributed by atoms with Crippen molar-refractivity contribution < 1.29 is 22.8 Å². The third-order valence-electron chi connectivity index (χ3n) is 4.28. The second-order valence-corrected chi connectivity index (χ2v) is 6.33. The van der Waals surface area contributed by atoms with Crippen molar-refractivity contribution in [3.63, 3.8) is 0 Å². The van der Waals surface area contributed by atoms with E-state index in [1.807, 2.05) is 0 Å². The number of aryl methyl sites for hydroxylation is 1. The predicted octanol–water partition coefficient (Wildman–Crippen LogP) is 4.61. The van der Waals surface area contributed by atoms with Crippen molar-refractivity contribution in [2.45, 2.75) is 19.9 Å².